The Hall–Kier alpha value is -0.870. The van der Waals surface area contributed by atoms with Crippen molar-refractivity contribution in [1.29, 1.82) is 0 Å². The number of benzene rings is 1. The van der Waals surface area contributed by atoms with E-state index in [0.29, 0.717) is 13.0 Å². The summed E-state index contributed by atoms with van der Waals surface area (Å²) >= 11 is 3.41. The largest absolute Gasteiger partial charge is 0.496 e. The smallest absolute Gasteiger partial charge is 0.166 e. The van der Waals surface area contributed by atoms with Gasteiger partial charge in [-0.25, -0.2) is 0 Å². The van der Waals surface area contributed by atoms with E-state index in [9.17, 15) is 4.79 Å². The zero-order valence-corrected chi connectivity index (χ0v) is 12.0. The van der Waals surface area contributed by atoms with Gasteiger partial charge in [-0.15, -0.1) is 0 Å². The predicted octanol–water partition coefficient (Wildman–Crippen LogP) is 3.14. The summed E-state index contributed by atoms with van der Waals surface area (Å²) in [4.78, 5) is 12.2. The van der Waals surface area contributed by atoms with Crippen molar-refractivity contribution in [3.8, 4) is 5.75 Å². The summed E-state index contributed by atoms with van der Waals surface area (Å²) in [5.74, 6) is 0.897. The number of hydrogen-bond acceptors (Lipinski definition) is 3. The maximum atomic E-state index is 12.2. The van der Waals surface area contributed by atoms with Crippen LogP contribution in [0, 0.1) is 0 Å². The van der Waals surface area contributed by atoms with Crippen LogP contribution in [0.2, 0.25) is 0 Å². The molecule has 1 aliphatic heterocycles. The first-order chi connectivity index (χ1) is 8.70. The topological polar surface area (TPSA) is 35.5 Å². The molecule has 0 N–H and O–H groups in total. The first-order valence-corrected chi connectivity index (χ1v) is 6.96. The summed E-state index contributed by atoms with van der Waals surface area (Å²) in [6.45, 7) is 0.700. The quantitative estimate of drug-likeness (QED) is 0.857. The molecule has 0 bridgehead atoms. The molecule has 0 aliphatic carbocycles. The minimum absolute atomic E-state index is 0.145. The molecule has 0 saturated carbocycles. The lowest BCUT2D eigenvalue weighted by Crippen LogP contribution is -2.29. The minimum Gasteiger partial charge on any atom is -0.496 e. The lowest BCUT2D eigenvalue weighted by molar-refractivity contribution is -0.132. The van der Waals surface area contributed by atoms with E-state index in [0.717, 1.165) is 35.0 Å². The van der Waals surface area contributed by atoms with E-state index in [4.69, 9.17) is 9.47 Å². The van der Waals surface area contributed by atoms with Crippen LogP contribution >= 0.6 is 15.9 Å². The molecule has 1 fully saturated rings. The molecular formula is C14H17BrO3. The maximum Gasteiger partial charge on any atom is 0.166 e. The highest BCUT2D eigenvalue weighted by molar-refractivity contribution is 9.10. The fraction of sp³-hybridized carbons (Fsp3) is 0.500. The van der Waals surface area contributed by atoms with Crippen molar-refractivity contribution in [3.05, 3.63) is 28.2 Å². The summed E-state index contributed by atoms with van der Waals surface area (Å²) in [5.41, 5.74) is 0.908. The number of carbonyl (C=O) groups is 1. The summed E-state index contributed by atoms with van der Waals surface area (Å²) in [6, 6.07) is 5.71. The Morgan fingerprint density at radius 2 is 2.33 bits per heavy atom. The second-order valence-electron chi connectivity index (χ2n) is 4.45. The van der Waals surface area contributed by atoms with Crippen molar-refractivity contribution < 1.29 is 14.3 Å². The van der Waals surface area contributed by atoms with Crippen LogP contribution < -0.4 is 4.74 Å². The number of Topliss-reactive ketones (excluding diaryl/α,β-unsaturated/α-hetero) is 1. The van der Waals surface area contributed by atoms with Gasteiger partial charge in [-0.2, -0.15) is 0 Å². The van der Waals surface area contributed by atoms with Crippen molar-refractivity contribution in [2.45, 2.75) is 31.8 Å². The van der Waals surface area contributed by atoms with Crippen molar-refractivity contribution in [2.75, 3.05) is 13.7 Å². The first-order valence-electron chi connectivity index (χ1n) is 6.17. The van der Waals surface area contributed by atoms with E-state index >= 15 is 0 Å². The van der Waals surface area contributed by atoms with Gasteiger partial charge in [0.1, 0.15) is 11.9 Å². The molecule has 1 aliphatic rings. The number of hydrogen-bond donors (Lipinski definition) is 0. The number of methoxy groups -OCH3 is 1. The van der Waals surface area contributed by atoms with Crippen LogP contribution in [0.1, 0.15) is 24.8 Å². The van der Waals surface area contributed by atoms with E-state index in [1.165, 1.54) is 0 Å². The van der Waals surface area contributed by atoms with Gasteiger partial charge >= 0.3 is 0 Å². The highest BCUT2D eigenvalue weighted by Crippen LogP contribution is 2.25. The normalized spacial score (nSPS) is 19.6. The molecule has 0 spiro atoms. The van der Waals surface area contributed by atoms with Crippen LogP contribution in [-0.4, -0.2) is 25.6 Å². The van der Waals surface area contributed by atoms with Gasteiger partial charge in [-0.1, -0.05) is 15.9 Å². The molecule has 1 unspecified atom stereocenters. The second-order valence-corrected chi connectivity index (χ2v) is 5.37. The molecule has 1 aromatic rings. The number of halogens is 1. The number of ketones is 1. The van der Waals surface area contributed by atoms with Crippen LogP contribution in [0.15, 0.2) is 22.7 Å². The molecule has 2 rings (SSSR count). The third kappa shape index (κ3) is 3.33. The monoisotopic (exact) mass is 312 g/mol. The van der Waals surface area contributed by atoms with E-state index < -0.39 is 0 Å². The standard InChI is InChI=1S/C14H17BrO3/c1-17-13-6-5-11(15)8-10(13)9-12(16)14-4-2-3-7-18-14/h5-6,8,14H,2-4,7,9H2,1H3. The Morgan fingerprint density at radius 3 is 3.00 bits per heavy atom. The molecule has 0 amide bonds. The minimum atomic E-state index is -0.234. The van der Waals surface area contributed by atoms with E-state index in [1.807, 2.05) is 18.2 Å². The predicted molar refractivity (Wildman–Crippen MR) is 73.0 cm³/mol. The summed E-state index contributed by atoms with van der Waals surface area (Å²) in [5, 5.41) is 0. The van der Waals surface area contributed by atoms with Crippen LogP contribution in [0.3, 0.4) is 0 Å². The Kier molecular flexibility index (Phi) is 4.78. The summed E-state index contributed by atoms with van der Waals surface area (Å²) < 4.78 is 11.7. The average molecular weight is 313 g/mol. The van der Waals surface area contributed by atoms with E-state index in [1.54, 1.807) is 7.11 Å². The fourth-order valence-electron chi connectivity index (χ4n) is 2.18. The molecule has 98 valence electrons. The Balaban J connectivity index is 2.07. The van der Waals surface area contributed by atoms with Gasteiger partial charge in [0.2, 0.25) is 0 Å². The van der Waals surface area contributed by atoms with Gasteiger partial charge in [0.25, 0.3) is 0 Å². The van der Waals surface area contributed by atoms with Gasteiger partial charge in [-0.05, 0) is 37.5 Å². The van der Waals surface area contributed by atoms with E-state index in [2.05, 4.69) is 15.9 Å². The summed E-state index contributed by atoms with van der Waals surface area (Å²) in [7, 11) is 1.62. The van der Waals surface area contributed by atoms with Crippen molar-refractivity contribution >= 4 is 21.7 Å². The molecule has 18 heavy (non-hydrogen) atoms. The van der Waals surface area contributed by atoms with Crippen LogP contribution in [0.4, 0.5) is 0 Å². The maximum absolute atomic E-state index is 12.2. The van der Waals surface area contributed by atoms with Gasteiger partial charge in [-0.3, -0.25) is 4.79 Å². The zero-order valence-electron chi connectivity index (χ0n) is 10.4. The Labute approximate surface area is 116 Å². The lowest BCUT2D eigenvalue weighted by Gasteiger charge is -2.21. The van der Waals surface area contributed by atoms with Crippen molar-refractivity contribution in [2.24, 2.45) is 0 Å². The lowest BCUT2D eigenvalue weighted by atomic mass is 9.99. The number of ether oxygens (including phenoxy) is 2. The highest BCUT2D eigenvalue weighted by Gasteiger charge is 2.22. The number of carbonyl (C=O) groups excluding carboxylic acids is 1. The average Bonchev–Trinajstić information content (AvgIpc) is 2.40. The first kappa shape index (κ1) is 13.6. The molecule has 3 nitrogen and oxygen atoms in total. The molecule has 1 atom stereocenters. The van der Waals surface area contributed by atoms with Crippen LogP contribution in [-0.2, 0) is 16.0 Å². The van der Waals surface area contributed by atoms with Gasteiger partial charge in [0.05, 0.1) is 7.11 Å². The van der Waals surface area contributed by atoms with Crippen LogP contribution in [0.5, 0.6) is 5.75 Å². The molecule has 1 saturated heterocycles. The zero-order chi connectivity index (χ0) is 13.0. The van der Waals surface area contributed by atoms with Gasteiger partial charge < -0.3 is 9.47 Å². The summed E-state index contributed by atoms with van der Waals surface area (Å²) in [6.07, 6.45) is 3.11. The molecule has 0 radical (unpaired) electrons. The number of rotatable bonds is 4. The molecule has 4 heteroatoms. The molecule has 1 aromatic carbocycles. The van der Waals surface area contributed by atoms with Crippen LogP contribution in [0.25, 0.3) is 0 Å². The molecular weight excluding hydrogens is 296 g/mol. The van der Waals surface area contributed by atoms with Crippen molar-refractivity contribution in [3.63, 3.8) is 0 Å². The van der Waals surface area contributed by atoms with Gasteiger partial charge in [0, 0.05) is 23.1 Å². The van der Waals surface area contributed by atoms with E-state index in [-0.39, 0.29) is 11.9 Å². The Bertz CT molecular complexity index is 425. The van der Waals surface area contributed by atoms with Gasteiger partial charge in [0.15, 0.2) is 5.78 Å². The third-order valence-corrected chi connectivity index (χ3v) is 3.64. The SMILES string of the molecule is COc1ccc(Br)cc1CC(=O)C1CCCCO1. The second kappa shape index (κ2) is 6.34. The fourth-order valence-corrected chi connectivity index (χ4v) is 2.59. The van der Waals surface area contributed by atoms with Crippen molar-refractivity contribution in [1.82, 2.24) is 0 Å². The highest BCUT2D eigenvalue weighted by atomic mass is 79.9. The third-order valence-electron chi connectivity index (χ3n) is 3.15. The molecule has 1 heterocycles. The molecule has 0 aromatic heterocycles. The Morgan fingerprint density at radius 1 is 1.50 bits per heavy atom.